The topological polar surface area (TPSA) is 85.2 Å². The van der Waals surface area contributed by atoms with Gasteiger partial charge in [-0.25, -0.2) is 0 Å². The molecule has 1 aromatic rings. The monoisotopic (exact) mass is 526 g/mol. The minimum absolute atomic E-state index is 0.0321. The van der Waals surface area contributed by atoms with Crippen LogP contribution in [0.25, 0.3) is 5.57 Å². The van der Waals surface area contributed by atoms with Crippen LogP contribution in [0.4, 0.5) is 5.69 Å². The summed E-state index contributed by atoms with van der Waals surface area (Å²) in [6.07, 6.45) is 9.65. The smallest absolute Gasteiger partial charge is 0.230 e. The van der Waals surface area contributed by atoms with Crippen LogP contribution in [0.15, 0.2) is 34.2 Å². The summed E-state index contributed by atoms with van der Waals surface area (Å²) in [5, 5.41) is 14.3. The van der Waals surface area contributed by atoms with Crippen molar-refractivity contribution in [2.24, 2.45) is 4.99 Å². The summed E-state index contributed by atoms with van der Waals surface area (Å²) in [7, 11) is 0. The largest absolute Gasteiger partial charge is 0.394 e. The highest BCUT2D eigenvalue weighted by molar-refractivity contribution is 8.04. The number of hydrogen-bond donors (Lipinski definition) is 2. The number of aliphatic hydroxyl groups is 1. The summed E-state index contributed by atoms with van der Waals surface area (Å²) in [4.78, 5) is 34.0. The van der Waals surface area contributed by atoms with Crippen molar-refractivity contribution in [1.82, 2.24) is 10.2 Å². The van der Waals surface area contributed by atoms with Crippen LogP contribution in [-0.2, 0) is 16.0 Å². The molecule has 2 unspecified atom stereocenters. The number of nitrogens with one attached hydrogen (secondary N) is 1. The number of nitrogens with zero attached hydrogens (tertiary/aromatic N) is 3. The fourth-order valence-corrected chi connectivity index (χ4v) is 7.83. The number of amides is 2. The molecular weight excluding hydrogens is 496 g/mol. The van der Waals surface area contributed by atoms with Crippen molar-refractivity contribution in [1.29, 1.82) is 0 Å². The lowest BCUT2D eigenvalue weighted by Gasteiger charge is -2.39. The van der Waals surface area contributed by atoms with E-state index in [9.17, 15) is 14.7 Å². The minimum atomic E-state index is -0.263. The molecule has 0 radical (unpaired) electrons. The molecule has 36 heavy (non-hydrogen) atoms. The first-order chi connectivity index (χ1) is 17.3. The molecule has 2 N–H and O–H groups in total. The average Bonchev–Trinajstić information content (AvgIpc) is 3.56. The predicted molar refractivity (Wildman–Crippen MR) is 145 cm³/mol. The number of thioether (sulfide) groups is 1. The minimum Gasteiger partial charge on any atom is -0.394 e. The summed E-state index contributed by atoms with van der Waals surface area (Å²) >= 11 is 8.37. The second-order valence-corrected chi connectivity index (χ2v) is 12.4. The van der Waals surface area contributed by atoms with E-state index in [-0.39, 0.29) is 35.3 Å². The van der Waals surface area contributed by atoms with Crippen molar-refractivity contribution in [3.63, 3.8) is 0 Å². The van der Waals surface area contributed by atoms with Gasteiger partial charge in [-0.3, -0.25) is 19.5 Å². The summed E-state index contributed by atoms with van der Waals surface area (Å²) < 4.78 is 0. The molecule has 2 amide bonds. The maximum absolute atomic E-state index is 12.2. The number of carbonyl (C=O) groups is 2. The Morgan fingerprint density at radius 2 is 2.06 bits per heavy atom. The highest BCUT2D eigenvalue weighted by Crippen LogP contribution is 2.48. The lowest BCUT2D eigenvalue weighted by atomic mass is 9.88. The highest BCUT2D eigenvalue weighted by atomic mass is 35.5. The summed E-state index contributed by atoms with van der Waals surface area (Å²) in [5.74, 6) is -0.175. The number of rotatable bonds is 5. The van der Waals surface area contributed by atoms with Gasteiger partial charge in [0.15, 0.2) is 0 Å². The van der Waals surface area contributed by atoms with Gasteiger partial charge in [0.1, 0.15) is 0 Å². The van der Waals surface area contributed by atoms with E-state index in [4.69, 9.17) is 16.6 Å². The van der Waals surface area contributed by atoms with E-state index >= 15 is 0 Å². The highest BCUT2D eigenvalue weighted by Gasteiger charge is 2.41. The number of hydrogen-bond acceptors (Lipinski definition) is 7. The Kier molecular flexibility index (Phi) is 6.27. The Hall–Kier alpha value is -2.13. The van der Waals surface area contributed by atoms with E-state index in [2.05, 4.69) is 41.4 Å². The molecule has 5 heterocycles. The summed E-state index contributed by atoms with van der Waals surface area (Å²) in [6, 6.07) is 4.45. The molecule has 0 aliphatic carbocycles. The second-order valence-electron chi connectivity index (χ2n) is 10.7. The Morgan fingerprint density at radius 1 is 1.25 bits per heavy atom. The van der Waals surface area contributed by atoms with Crippen molar-refractivity contribution < 1.29 is 14.7 Å². The fourth-order valence-electron chi connectivity index (χ4n) is 6.22. The number of aryl methyl sites for hydroxylation is 1. The van der Waals surface area contributed by atoms with Gasteiger partial charge in [-0.1, -0.05) is 11.6 Å². The van der Waals surface area contributed by atoms with Crippen LogP contribution in [0.5, 0.6) is 0 Å². The first-order valence-corrected chi connectivity index (χ1v) is 14.0. The number of anilines is 1. The van der Waals surface area contributed by atoms with Gasteiger partial charge in [-0.15, -0.1) is 11.8 Å². The number of halogens is 1. The summed E-state index contributed by atoms with van der Waals surface area (Å²) in [5.41, 5.74) is 4.59. The molecule has 0 aromatic heterocycles. The van der Waals surface area contributed by atoms with Crippen LogP contribution < -0.4 is 10.2 Å². The van der Waals surface area contributed by atoms with E-state index in [1.165, 1.54) is 21.7 Å². The molecule has 0 saturated carbocycles. The van der Waals surface area contributed by atoms with Gasteiger partial charge in [0, 0.05) is 64.9 Å². The lowest BCUT2D eigenvalue weighted by Crippen LogP contribution is -2.41. The normalized spacial score (nSPS) is 31.6. The van der Waals surface area contributed by atoms with E-state index < -0.39 is 0 Å². The van der Waals surface area contributed by atoms with Gasteiger partial charge < -0.3 is 15.3 Å². The van der Waals surface area contributed by atoms with Crippen LogP contribution in [0.1, 0.15) is 43.7 Å². The maximum atomic E-state index is 12.2. The number of likely N-dealkylation sites (tertiary alicyclic amines) is 1. The van der Waals surface area contributed by atoms with Crippen molar-refractivity contribution in [3.05, 3.63) is 45.3 Å². The van der Waals surface area contributed by atoms with Crippen LogP contribution in [-0.4, -0.2) is 77.1 Å². The average molecular weight is 527 g/mol. The number of benzene rings is 1. The third-order valence-corrected chi connectivity index (χ3v) is 9.64. The van der Waals surface area contributed by atoms with Crippen molar-refractivity contribution >= 4 is 52.7 Å². The Labute approximate surface area is 220 Å². The molecule has 4 atom stereocenters. The number of dihydropyridines is 1. The number of aliphatic imine (C=N–C) groups is 1. The number of imide groups is 1. The predicted octanol–water partition coefficient (Wildman–Crippen LogP) is 3.19. The van der Waals surface area contributed by atoms with E-state index in [1.54, 1.807) is 11.8 Å². The standard InChI is InChI=1S/C27H31ClN4O3S/c1-27(15-33)12-18(13-30-27)31-8-2-3-16-9-17(28)10-21(25(16)31)20-6-7-29-22-11-19(36-26(20)22)14-32-23(34)4-5-24(32)35/h6-7,9-11,18,22,26,30,33H,2-5,8,12-15H2,1H3/t18-,22?,26?,27+/m1/s1. The molecule has 5 aliphatic heterocycles. The number of aliphatic hydroxyl groups excluding tert-OH is 1. The molecule has 190 valence electrons. The van der Waals surface area contributed by atoms with Crippen molar-refractivity contribution in [2.75, 3.05) is 31.1 Å². The van der Waals surface area contributed by atoms with Gasteiger partial charge in [-0.05, 0) is 61.6 Å². The van der Waals surface area contributed by atoms with Gasteiger partial charge in [0.2, 0.25) is 11.8 Å². The summed E-state index contributed by atoms with van der Waals surface area (Å²) in [6.45, 7) is 4.36. The Bertz CT molecular complexity index is 1200. The molecule has 1 aromatic carbocycles. The molecule has 7 nitrogen and oxygen atoms in total. The second kappa shape index (κ2) is 9.31. The van der Waals surface area contributed by atoms with Gasteiger partial charge in [0.05, 0.1) is 24.4 Å². The zero-order chi connectivity index (χ0) is 25.0. The van der Waals surface area contributed by atoms with E-state index in [0.29, 0.717) is 25.4 Å². The number of fused-ring (bicyclic) bond motifs is 2. The van der Waals surface area contributed by atoms with E-state index in [1.807, 2.05) is 6.21 Å². The van der Waals surface area contributed by atoms with E-state index in [0.717, 1.165) is 47.8 Å². The van der Waals surface area contributed by atoms with Gasteiger partial charge >= 0.3 is 0 Å². The lowest BCUT2D eigenvalue weighted by molar-refractivity contribution is -0.137. The molecule has 0 spiro atoms. The van der Waals surface area contributed by atoms with Crippen LogP contribution >= 0.6 is 23.4 Å². The fraction of sp³-hybridized carbons (Fsp3) is 0.519. The first-order valence-electron chi connectivity index (χ1n) is 12.7. The van der Waals surface area contributed by atoms with Crippen molar-refractivity contribution in [3.8, 4) is 0 Å². The molecule has 6 rings (SSSR count). The Balaban J connectivity index is 1.32. The van der Waals surface area contributed by atoms with Crippen LogP contribution in [0.3, 0.4) is 0 Å². The SMILES string of the molecule is C[C@@]1(CO)C[C@@H](N2CCCc3cc(Cl)cc(C4=CC=NC5C=C(CN6C(=O)CCC6=O)SC45)c32)CN1. The quantitative estimate of drug-likeness (QED) is 0.573. The van der Waals surface area contributed by atoms with Crippen LogP contribution in [0, 0.1) is 0 Å². The molecular formula is C27H31ClN4O3S. The molecule has 2 fully saturated rings. The zero-order valence-corrected chi connectivity index (χ0v) is 21.9. The number of allylic oxidation sites excluding steroid dienone is 1. The number of carbonyl (C=O) groups excluding carboxylic acids is 2. The molecule has 2 saturated heterocycles. The maximum Gasteiger partial charge on any atom is 0.230 e. The third kappa shape index (κ3) is 4.22. The van der Waals surface area contributed by atoms with Crippen molar-refractivity contribution in [2.45, 2.75) is 61.9 Å². The third-order valence-electron chi connectivity index (χ3n) is 8.07. The zero-order valence-electron chi connectivity index (χ0n) is 20.4. The van der Waals surface area contributed by atoms with Gasteiger partial charge in [-0.2, -0.15) is 0 Å². The molecule has 9 heteroatoms. The molecule has 5 aliphatic rings. The first kappa shape index (κ1) is 24.2. The molecule has 0 bridgehead atoms. The Morgan fingerprint density at radius 3 is 2.81 bits per heavy atom. The van der Waals surface area contributed by atoms with Gasteiger partial charge in [0.25, 0.3) is 0 Å². The van der Waals surface area contributed by atoms with Crippen LogP contribution in [0.2, 0.25) is 5.02 Å².